The van der Waals surface area contributed by atoms with Crippen LogP contribution in [0, 0.1) is 0 Å². The molecule has 136 valence electrons. The molecule has 0 amide bonds. The number of imidazole rings is 1. The van der Waals surface area contributed by atoms with Gasteiger partial charge in [-0.3, -0.25) is 4.57 Å². The van der Waals surface area contributed by atoms with Crippen LogP contribution in [-0.2, 0) is 4.74 Å². The van der Waals surface area contributed by atoms with E-state index in [-0.39, 0.29) is 17.9 Å². The minimum Gasteiger partial charge on any atom is -0.460 e. The molecule has 3 heterocycles. The standard InChI is InChI=1S/C15H20BrN5O4/c1-6-9(22)10(23)13(24-6)21-12-8(18-14(21)16)11(17)19-15(20-12)25-7-4-2-3-5-7/h6-7,9-10,13,22-23H,2-5H2,1H3,(H2,17,19,20)/t6?,9-,10-,13-/m1/s1. The van der Waals surface area contributed by atoms with Gasteiger partial charge < -0.3 is 25.4 Å². The minimum absolute atomic E-state index is 0.0897. The van der Waals surface area contributed by atoms with Crippen LogP contribution in [0.5, 0.6) is 6.01 Å². The Morgan fingerprint density at radius 1 is 1.20 bits per heavy atom. The monoisotopic (exact) mass is 413 g/mol. The molecule has 0 bridgehead atoms. The van der Waals surface area contributed by atoms with Gasteiger partial charge in [-0.2, -0.15) is 9.97 Å². The van der Waals surface area contributed by atoms with E-state index < -0.39 is 24.5 Å². The van der Waals surface area contributed by atoms with Crippen molar-refractivity contribution < 1.29 is 19.7 Å². The Bertz CT molecular complexity index is 794. The molecule has 2 aromatic rings. The molecular weight excluding hydrogens is 394 g/mol. The van der Waals surface area contributed by atoms with Gasteiger partial charge in [0.15, 0.2) is 27.9 Å². The Balaban J connectivity index is 1.76. The first kappa shape index (κ1) is 17.0. The summed E-state index contributed by atoms with van der Waals surface area (Å²) >= 11 is 3.35. The summed E-state index contributed by atoms with van der Waals surface area (Å²) in [5, 5.41) is 20.3. The molecule has 1 saturated carbocycles. The molecule has 1 saturated heterocycles. The highest BCUT2D eigenvalue weighted by Crippen LogP contribution is 2.35. The first-order valence-corrected chi connectivity index (χ1v) is 9.14. The van der Waals surface area contributed by atoms with Crippen LogP contribution in [0.2, 0.25) is 0 Å². The highest BCUT2D eigenvalue weighted by molar-refractivity contribution is 9.10. The zero-order valence-corrected chi connectivity index (χ0v) is 15.3. The fourth-order valence-corrected chi connectivity index (χ4v) is 3.97. The SMILES string of the molecule is CC1O[C@@H](n2c(Br)nc3c(N)nc(OC4CCCC4)nc32)[C@H](O)[C@@H]1O. The van der Waals surface area contributed by atoms with Crippen LogP contribution < -0.4 is 10.5 Å². The lowest BCUT2D eigenvalue weighted by molar-refractivity contribution is -0.0313. The molecule has 1 aliphatic heterocycles. The second-order valence-corrected chi connectivity index (χ2v) is 7.26. The number of aliphatic hydroxyl groups excluding tert-OH is 2. The number of hydrogen-bond donors (Lipinski definition) is 3. The van der Waals surface area contributed by atoms with E-state index in [9.17, 15) is 10.2 Å². The minimum atomic E-state index is -1.11. The van der Waals surface area contributed by atoms with Gasteiger partial charge in [0.2, 0.25) is 0 Å². The van der Waals surface area contributed by atoms with Crippen molar-refractivity contribution in [2.45, 2.75) is 63.3 Å². The average Bonchev–Trinajstić information content (AvgIpc) is 3.24. The number of aliphatic hydroxyl groups is 2. The number of aromatic nitrogens is 4. The van der Waals surface area contributed by atoms with Gasteiger partial charge in [-0.05, 0) is 48.5 Å². The number of hydrogen-bond acceptors (Lipinski definition) is 8. The highest BCUT2D eigenvalue weighted by atomic mass is 79.9. The number of nitrogen functional groups attached to an aromatic ring is 1. The van der Waals surface area contributed by atoms with Gasteiger partial charge in [0, 0.05) is 0 Å². The molecule has 2 fully saturated rings. The van der Waals surface area contributed by atoms with Crippen LogP contribution >= 0.6 is 15.9 Å². The maximum Gasteiger partial charge on any atom is 0.320 e. The van der Waals surface area contributed by atoms with Crippen molar-refractivity contribution in [3.63, 3.8) is 0 Å². The van der Waals surface area contributed by atoms with Crippen molar-refractivity contribution >= 4 is 32.9 Å². The van der Waals surface area contributed by atoms with Crippen molar-refractivity contribution in [1.29, 1.82) is 0 Å². The van der Waals surface area contributed by atoms with Crippen LogP contribution in [0.1, 0.15) is 38.8 Å². The maximum absolute atomic E-state index is 10.3. The largest absolute Gasteiger partial charge is 0.460 e. The Kier molecular flexibility index (Phi) is 4.30. The molecule has 4 rings (SSSR count). The molecule has 4 atom stereocenters. The topological polar surface area (TPSA) is 129 Å². The third kappa shape index (κ3) is 2.86. The number of nitrogens with zero attached hydrogens (tertiary/aromatic N) is 4. The molecule has 9 nitrogen and oxygen atoms in total. The number of ether oxygens (including phenoxy) is 2. The van der Waals surface area contributed by atoms with Gasteiger partial charge in [-0.15, -0.1) is 0 Å². The molecule has 4 N–H and O–H groups in total. The summed E-state index contributed by atoms with van der Waals surface area (Å²) in [5.41, 5.74) is 6.79. The average molecular weight is 414 g/mol. The Morgan fingerprint density at radius 3 is 2.56 bits per heavy atom. The molecule has 0 spiro atoms. The number of fused-ring (bicyclic) bond motifs is 1. The van der Waals surface area contributed by atoms with Crippen LogP contribution in [0.4, 0.5) is 5.82 Å². The number of nitrogens with two attached hydrogens (primary N) is 1. The molecule has 1 unspecified atom stereocenters. The summed E-state index contributed by atoms with van der Waals surface area (Å²) in [7, 11) is 0. The lowest BCUT2D eigenvalue weighted by atomic mass is 10.1. The Hall–Kier alpha value is -1.49. The number of halogens is 1. The van der Waals surface area contributed by atoms with Gasteiger partial charge in [0.05, 0.1) is 6.10 Å². The molecular formula is C15H20BrN5O4. The number of anilines is 1. The molecule has 0 aromatic carbocycles. The first-order valence-electron chi connectivity index (χ1n) is 8.35. The van der Waals surface area contributed by atoms with E-state index in [1.807, 2.05) is 0 Å². The summed E-state index contributed by atoms with van der Waals surface area (Å²) in [5.74, 6) is 0.193. The van der Waals surface area contributed by atoms with Crippen molar-refractivity contribution in [2.24, 2.45) is 0 Å². The van der Waals surface area contributed by atoms with Gasteiger partial charge >= 0.3 is 6.01 Å². The second kappa shape index (κ2) is 6.35. The summed E-state index contributed by atoms with van der Waals surface area (Å²) < 4.78 is 13.5. The lowest BCUT2D eigenvalue weighted by Crippen LogP contribution is -2.30. The van der Waals surface area contributed by atoms with Gasteiger partial charge in [0.25, 0.3) is 0 Å². The van der Waals surface area contributed by atoms with Crippen LogP contribution in [0.25, 0.3) is 11.2 Å². The van der Waals surface area contributed by atoms with Crippen LogP contribution in [-0.4, -0.2) is 54.1 Å². The third-order valence-electron chi connectivity index (χ3n) is 4.81. The quantitative estimate of drug-likeness (QED) is 0.638. The van der Waals surface area contributed by atoms with Crippen molar-refractivity contribution in [2.75, 3.05) is 5.73 Å². The van der Waals surface area contributed by atoms with Crippen molar-refractivity contribution in [3.05, 3.63) is 4.73 Å². The maximum atomic E-state index is 10.3. The Labute approximate surface area is 152 Å². The van der Waals surface area contributed by atoms with Gasteiger partial charge in [-0.25, -0.2) is 4.98 Å². The van der Waals surface area contributed by atoms with E-state index in [4.69, 9.17) is 15.2 Å². The fraction of sp³-hybridized carbons (Fsp3) is 0.667. The Morgan fingerprint density at radius 2 is 1.92 bits per heavy atom. The van der Waals surface area contributed by atoms with Gasteiger partial charge in [-0.1, -0.05) is 0 Å². The fourth-order valence-electron chi connectivity index (χ4n) is 3.42. The zero-order chi connectivity index (χ0) is 17.7. The van der Waals surface area contributed by atoms with Crippen LogP contribution in [0.3, 0.4) is 0 Å². The third-order valence-corrected chi connectivity index (χ3v) is 5.37. The highest BCUT2D eigenvalue weighted by Gasteiger charge is 2.43. The lowest BCUT2D eigenvalue weighted by Gasteiger charge is -2.18. The van der Waals surface area contributed by atoms with E-state index in [0.717, 1.165) is 25.7 Å². The van der Waals surface area contributed by atoms with Crippen LogP contribution in [0.15, 0.2) is 4.73 Å². The smallest absolute Gasteiger partial charge is 0.320 e. The van der Waals surface area contributed by atoms with E-state index in [2.05, 4.69) is 30.9 Å². The number of rotatable bonds is 3. The molecule has 2 aliphatic rings. The molecule has 2 aromatic heterocycles. The van der Waals surface area contributed by atoms with Crippen molar-refractivity contribution in [1.82, 2.24) is 19.5 Å². The predicted molar refractivity (Wildman–Crippen MR) is 91.9 cm³/mol. The molecule has 1 aliphatic carbocycles. The molecule has 25 heavy (non-hydrogen) atoms. The first-order chi connectivity index (χ1) is 12.0. The summed E-state index contributed by atoms with van der Waals surface area (Å²) in [6.45, 7) is 1.69. The predicted octanol–water partition coefficient (Wildman–Crippen LogP) is 1.13. The van der Waals surface area contributed by atoms with E-state index >= 15 is 0 Å². The van der Waals surface area contributed by atoms with Gasteiger partial charge in [0.1, 0.15) is 18.3 Å². The summed E-state index contributed by atoms with van der Waals surface area (Å²) in [4.78, 5) is 12.9. The summed E-state index contributed by atoms with van der Waals surface area (Å²) in [6.07, 6.45) is 0.828. The zero-order valence-electron chi connectivity index (χ0n) is 13.7. The van der Waals surface area contributed by atoms with E-state index in [1.165, 1.54) is 0 Å². The van der Waals surface area contributed by atoms with E-state index in [0.29, 0.717) is 15.9 Å². The normalized spacial score (nSPS) is 30.4. The summed E-state index contributed by atoms with van der Waals surface area (Å²) in [6, 6.07) is 0.187. The molecule has 0 radical (unpaired) electrons. The molecule has 10 heteroatoms. The van der Waals surface area contributed by atoms with Crippen molar-refractivity contribution in [3.8, 4) is 6.01 Å². The van der Waals surface area contributed by atoms with E-state index in [1.54, 1.807) is 11.5 Å². The second-order valence-electron chi connectivity index (χ2n) is 6.55.